The summed E-state index contributed by atoms with van der Waals surface area (Å²) in [7, 11) is 1.81. The highest BCUT2D eigenvalue weighted by Crippen LogP contribution is 2.26. The Morgan fingerprint density at radius 2 is 2.20 bits per heavy atom. The van der Waals surface area contributed by atoms with Gasteiger partial charge in [-0.15, -0.1) is 0 Å². The highest BCUT2D eigenvalue weighted by molar-refractivity contribution is 5.87. The Kier molecular flexibility index (Phi) is 2.31. The second-order valence-electron chi connectivity index (χ2n) is 3.63. The fraction of sp³-hybridized carbons (Fsp3) is 0.250. The van der Waals surface area contributed by atoms with Crippen molar-refractivity contribution in [2.24, 2.45) is 7.05 Å². The van der Waals surface area contributed by atoms with Gasteiger partial charge in [0.2, 0.25) is 0 Å². The van der Waals surface area contributed by atoms with Crippen LogP contribution < -0.4 is 0 Å². The number of benzene rings is 1. The third kappa shape index (κ3) is 1.35. The Hall–Kier alpha value is -1.64. The molecule has 15 heavy (non-hydrogen) atoms. The average Bonchev–Trinajstić information content (AvgIpc) is 2.45. The van der Waals surface area contributed by atoms with E-state index >= 15 is 0 Å². The van der Waals surface area contributed by atoms with Crippen molar-refractivity contribution in [1.29, 1.82) is 0 Å². The summed E-state index contributed by atoms with van der Waals surface area (Å²) in [6.45, 7) is 1.90. The van der Waals surface area contributed by atoms with Crippen LogP contribution >= 0.6 is 0 Å². The largest absolute Gasteiger partial charge is 0.345 e. The molecule has 0 saturated heterocycles. The van der Waals surface area contributed by atoms with Crippen molar-refractivity contribution in [2.45, 2.75) is 13.3 Å². The molecule has 0 N–H and O–H groups in total. The van der Waals surface area contributed by atoms with Crippen molar-refractivity contribution in [1.82, 2.24) is 4.57 Å². The van der Waals surface area contributed by atoms with Crippen LogP contribution in [0, 0.1) is 12.7 Å². The van der Waals surface area contributed by atoms with Crippen LogP contribution in [0.2, 0.25) is 0 Å². The SMILES string of the molecule is Cc1c(CC=O)c2cccc(F)c2n1C. The molecule has 0 fully saturated rings. The van der Waals surface area contributed by atoms with E-state index in [1.165, 1.54) is 6.07 Å². The molecule has 1 aromatic carbocycles. The topological polar surface area (TPSA) is 22.0 Å². The third-order valence-electron chi connectivity index (χ3n) is 2.87. The van der Waals surface area contributed by atoms with Gasteiger partial charge in [0.15, 0.2) is 0 Å². The van der Waals surface area contributed by atoms with E-state index in [0.29, 0.717) is 11.9 Å². The molecule has 1 aromatic heterocycles. The standard InChI is InChI=1S/C12H12FNO/c1-8-9(6-7-15)10-4-3-5-11(13)12(10)14(8)2/h3-5,7H,6H2,1-2H3. The fourth-order valence-corrected chi connectivity index (χ4v) is 2.01. The second-order valence-corrected chi connectivity index (χ2v) is 3.63. The lowest BCUT2D eigenvalue weighted by atomic mass is 10.1. The molecule has 0 radical (unpaired) electrons. The summed E-state index contributed by atoms with van der Waals surface area (Å²) < 4.78 is 15.4. The maximum absolute atomic E-state index is 13.6. The number of para-hydroxylation sites is 1. The first-order valence-corrected chi connectivity index (χ1v) is 4.82. The van der Waals surface area contributed by atoms with E-state index in [1.54, 1.807) is 10.6 Å². The predicted molar refractivity (Wildman–Crippen MR) is 57.4 cm³/mol. The number of aldehydes is 1. The minimum absolute atomic E-state index is 0.241. The molecule has 2 nitrogen and oxygen atoms in total. The van der Waals surface area contributed by atoms with Gasteiger partial charge in [-0.1, -0.05) is 12.1 Å². The Bertz CT molecular complexity index is 528. The maximum Gasteiger partial charge on any atom is 0.147 e. The monoisotopic (exact) mass is 205 g/mol. The normalized spacial score (nSPS) is 10.9. The van der Waals surface area contributed by atoms with Crippen molar-refractivity contribution in [3.05, 3.63) is 35.3 Å². The molecule has 2 rings (SSSR count). The van der Waals surface area contributed by atoms with Crippen molar-refractivity contribution in [2.75, 3.05) is 0 Å². The van der Waals surface area contributed by atoms with E-state index in [1.807, 2.05) is 20.0 Å². The van der Waals surface area contributed by atoms with E-state index < -0.39 is 0 Å². The molecular formula is C12H12FNO. The first-order chi connectivity index (χ1) is 7.16. The highest BCUT2D eigenvalue weighted by atomic mass is 19.1. The number of carbonyl (C=O) groups is 1. The van der Waals surface area contributed by atoms with Crippen molar-refractivity contribution < 1.29 is 9.18 Å². The lowest BCUT2D eigenvalue weighted by Crippen LogP contribution is -1.94. The predicted octanol–water partition coefficient (Wildman–Crippen LogP) is 2.37. The molecule has 0 amide bonds. The number of aryl methyl sites for hydroxylation is 1. The van der Waals surface area contributed by atoms with Crippen LogP contribution in [0.15, 0.2) is 18.2 Å². The summed E-state index contributed by atoms with van der Waals surface area (Å²) in [5.41, 5.74) is 2.44. The summed E-state index contributed by atoms with van der Waals surface area (Å²) in [5.74, 6) is -0.241. The summed E-state index contributed by atoms with van der Waals surface area (Å²) in [6, 6.07) is 4.96. The van der Waals surface area contributed by atoms with Gasteiger partial charge in [-0.2, -0.15) is 0 Å². The van der Waals surface area contributed by atoms with Gasteiger partial charge in [0.1, 0.15) is 12.1 Å². The fourth-order valence-electron chi connectivity index (χ4n) is 2.01. The Labute approximate surface area is 87.3 Å². The van der Waals surface area contributed by atoms with Crippen LogP contribution in [-0.2, 0) is 18.3 Å². The number of halogens is 1. The zero-order chi connectivity index (χ0) is 11.0. The molecule has 3 heteroatoms. The van der Waals surface area contributed by atoms with Gasteiger partial charge in [0.25, 0.3) is 0 Å². The lowest BCUT2D eigenvalue weighted by molar-refractivity contribution is -0.107. The molecule has 0 spiro atoms. The van der Waals surface area contributed by atoms with Gasteiger partial charge in [-0.3, -0.25) is 0 Å². The zero-order valence-corrected chi connectivity index (χ0v) is 8.75. The van der Waals surface area contributed by atoms with E-state index in [4.69, 9.17) is 0 Å². The summed E-state index contributed by atoms with van der Waals surface area (Å²) >= 11 is 0. The highest BCUT2D eigenvalue weighted by Gasteiger charge is 2.13. The maximum atomic E-state index is 13.6. The zero-order valence-electron chi connectivity index (χ0n) is 8.75. The van der Waals surface area contributed by atoms with Crippen LogP contribution in [0.1, 0.15) is 11.3 Å². The van der Waals surface area contributed by atoms with Gasteiger partial charge in [0.05, 0.1) is 5.52 Å². The Morgan fingerprint density at radius 1 is 1.47 bits per heavy atom. The first kappa shape index (κ1) is 9.90. The van der Waals surface area contributed by atoms with Crippen molar-refractivity contribution in [3.8, 4) is 0 Å². The summed E-state index contributed by atoms with van der Waals surface area (Å²) in [5, 5.41) is 0.835. The Balaban J connectivity index is 2.86. The van der Waals surface area contributed by atoms with Gasteiger partial charge in [-0.05, 0) is 18.6 Å². The average molecular weight is 205 g/mol. The molecule has 0 aliphatic heterocycles. The van der Waals surface area contributed by atoms with E-state index in [2.05, 4.69) is 0 Å². The summed E-state index contributed by atoms with van der Waals surface area (Å²) in [6.07, 6.45) is 1.19. The molecule has 0 aliphatic carbocycles. The second kappa shape index (κ2) is 3.50. The third-order valence-corrected chi connectivity index (χ3v) is 2.87. The van der Waals surface area contributed by atoms with Gasteiger partial charge in [-0.25, -0.2) is 4.39 Å². The van der Waals surface area contributed by atoms with E-state index in [-0.39, 0.29) is 5.82 Å². The molecule has 2 aromatic rings. The van der Waals surface area contributed by atoms with Crippen molar-refractivity contribution in [3.63, 3.8) is 0 Å². The van der Waals surface area contributed by atoms with Gasteiger partial charge < -0.3 is 9.36 Å². The first-order valence-electron chi connectivity index (χ1n) is 4.82. The number of hydrogen-bond acceptors (Lipinski definition) is 1. The molecular weight excluding hydrogens is 193 g/mol. The summed E-state index contributed by atoms with van der Waals surface area (Å²) in [4.78, 5) is 10.6. The molecule has 1 heterocycles. The Morgan fingerprint density at radius 3 is 2.87 bits per heavy atom. The number of nitrogens with zero attached hydrogens (tertiary/aromatic N) is 1. The van der Waals surface area contributed by atoms with Crippen LogP contribution in [0.25, 0.3) is 10.9 Å². The number of hydrogen-bond donors (Lipinski definition) is 0. The molecule has 0 atom stereocenters. The van der Waals surface area contributed by atoms with Crippen LogP contribution in [0.5, 0.6) is 0 Å². The van der Waals surface area contributed by atoms with E-state index in [0.717, 1.165) is 22.9 Å². The minimum atomic E-state index is -0.241. The molecule has 78 valence electrons. The quantitative estimate of drug-likeness (QED) is 0.690. The molecule has 0 saturated carbocycles. The lowest BCUT2D eigenvalue weighted by Gasteiger charge is -1.99. The number of fused-ring (bicyclic) bond motifs is 1. The molecule has 0 aliphatic rings. The number of carbonyl (C=O) groups excluding carboxylic acids is 1. The van der Waals surface area contributed by atoms with Crippen LogP contribution in [0.3, 0.4) is 0 Å². The number of rotatable bonds is 2. The van der Waals surface area contributed by atoms with Crippen LogP contribution in [0.4, 0.5) is 4.39 Å². The molecule has 0 unspecified atom stereocenters. The molecule has 0 bridgehead atoms. The smallest absolute Gasteiger partial charge is 0.147 e. The minimum Gasteiger partial charge on any atom is -0.345 e. The van der Waals surface area contributed by atoms with E-state index in [9.17, 15) is 9.18 Å². The van der Waals surface area contributed by atoms with Gasteiger partial charge >= 0.3 is 0 Å². The van der Waals surface area contributed by atoms with Crippen molar-refractivity contribution >= 4 is 17.2 Å². The van der Waals surface area contributed by atoms with Crippen LogP contribution in [-0.4, -0.2) is 10.9 Å². The number of aromatic nitrogens is 1. The van der Waals surface area contributed by atoms with Gasteiger partial charge in [0, 0.05) is 24.5 Å².